The molecule has 1 aromatic rings. The predicted octanol–water partition coefficient (Wildman–Crippen LogP) is 3.79. The van der Waals surface area contributed by atoms with Crippen LogP contribution in [0.25, 0.3) is 0 Å². The molecule has 0 spiro atoms. The Labute approximate surface area is 93.7 Å². The van der Waals surface area contributed by atoms with Crippen LogP contribution >= 0.6 is 24.0 Å². The quantitative estimate of drug-likeness (QED) is 0.441. The first-order chi connectivity index (χ1) is 6.83. The van der Waals surface area contributed by atoms with E-state index in [1.807, 2.05) is 0 Å². The lowest BCUT2D eigenvalue weighted by molar-refractivity contribution is 0.441. The Bertz CT molecular complexity index is 295. The fourth-order valence-corrected chi connectivity index (χ4v) is 2.10. The van der Waals surface area contributed by atoms with Crippen molar-refractivity contribution >= 4 is 24.0 Å². The molecule has 0 aliphatic heterocycles. The third-order valence-corrected chi connectivity index (χ3v) is 2.98. The van der Waals surface area contributed by atoms with Crippen molar-refractivity contribution in [1.82, 2.24) is 10.2 Å². The summed E-state index contributed by atoms with van der Waals surface area (Å²) in [5.41, 5.74) is 0. The van der Waals surface area contributed by atoms with Crippen LogP contribution in [0.4, 0.5) is 0 Å². The Kier molecular flexibility index (Phi) is 5.94. The molecule has 0 aromatic carbocycles. The van der Waals surface area contributed by atoms with Crippen molar-refractivity contribution in [3.63, 3.8) is 0 Å². The molecule has 14 heavy (non-hydrogen) atoms. The summed E-state index contributed by atoms with van der Waals surface area (Å²) in [7, 11) is 0. The molecule has 0 fully saturated rings. The van der Waals surface area contributed by atoms with Crippen LogP contribution in [0.3, 0.4) is 0 Å². The van der Waals surface area contributed by atoms with Crippen molar-refractivity contribution in [3.8, 4) is 0 Å². The molecule has 0 amide bonds. The number of unbranched alkanes of at least 4 members (excludes halogenated alkanes) is 4. The minimum atomic E-state index is 0.360. The van der Waals surface area contributed by atoms with Gasteiger partial charge in [-0.1, -0.05) is 44.4 Å². The summed E-state index contributed by atoms with van der Waals surface area (Å²) in [6.07, 6.45) is 6.49. The molecule has 0 saturated carbocycles. The second-order valence-electron chi connectivity index (χ2n) is 3.14. The van der Waals surface area contributed by atoms with Gasteiger partial charge in [-0.05, 0) is 18.6 Å². The zero-order valence-corrected chi connectivity index (χ0v) is 10.0. The summed E-state index contributed by atoms with van der Waals surface area (Å²) in [6, 6.07) is 0. The molecule has 0 unspecified atom stereocenters. The SMILES string of the molecule is CCCCCCCSc1n[nH]c(=S)o1. The lowest BCUT2D eigenvalue weighted by Gasteiger charge is -1.97. The first kappa shape index (κ1) is 11.8. The van der Waals surface area contributed by atoms with E-state index in [2.05, 4.69) is 17.1 Å². The van der Waals surface area contributed by atoms with Gasteiger partial charge in [-0.15, -0.1) is 5.10 Å². The Morgan fingerprint density at radius 3 is 2.79 bits per heavy atom. The van der Waals surface area contributed by atoms with E-state index in [0.717, 1.165) is 5.75 Å². The molecule has 0 aliphatic rings. The molecule has 1 aromatic heterocycles. The fraction of sp³-hybridized carbons (Fsp3) is 0.778. The maximum atomic E-state index is 5.12. The van der Waals surface area contributed by atoms with Crippen LogP contribution in [0.15, 0.2) is 9.64 Å². The number of hydrogen-bond acceptors (Lipinski definition) is 4. The maximum Gasteiger partial charge on any atom is 0.284 e. The Balaban J connectivity index is 2.02. The van der Waals surface area contributed by atoms with Gasteiger partial charge < -0.3 is 4.42 Å². The van der Waals surface area contributed by atoms with Gasteiger partial charge in [-0.25, -0.2) is 5.10 Å². The highest BCUT2D eigenvalue weighted by Crippen LogP contribution is 2.17. The highest BCUT2D eigenvalue weighted by molar-refractivity contribution is 7.99. The molecule has 0 bridgehead atoms. The van der Waals surface area contributed by atoms with Gasteiger partial charge in [0.15, 0.2) is 0 Å². The predicted molar refractivity (Wildman–Crippen MR) is 61.2 cm³/mol. The number of aromatic nitrogens is 2. The van der Waals surface area contributed by atoms with Gasteiger partial charge in [-0.2, -0.15) is 0 Å². The normalized spacial score (nSPS) is 10.6. The largest absolute Gasteiger partial charge is 0.404 e. The van der Waals surface area contributed by atoms with Crippen molar-refractivity contribution in [1.29, 1.82) is 0 Å². The van der Waals surface area contributed by atoms with E-state index >= 15 is 0 Å². The summed E-state index contributed by atoms with van der Waals surface area (Å²) >= 11 is 6.39. The van der Waals surface area contributed by atoms with Crippen LogP contribution in [0, 0.1) is 4.84 Å². The molecule has 1 rings (SSSR count). The summed E-state index contributed by atoms with van der Waals surface area (Å²) in [5.74, 6) is 1.06. The lowest BCUT2D eigenvalue weighted by atomic mass is 10.2. The van der Waals surface area contributed by atoms with Crippen LogP contribution in [-0.4, -0.2) is 16.0 Å². The minimum Gasteiger partial charge on any atom is -0.404 e. The monoisotopic (exact) mass is 232 g/mol. The number of thioether (sulfide) groups is 1. The van der Waals surface area contributed by atoms with Gasteiger partial charge in [0.25, 0.3) is 10.1 Å². The molecule has 3 nitrogen and oxygen atoms in total. The van der Waals surface area contributed by atoms with Gasteiger partial charge >= 0.3 is 0 Å². The third-order valence-electron chi connectivity index (χ3n) is 1.89. The molecule has 1 N–H and O–H groups in total. The summed E-state index contributed by atoms with van der Waals surface area (Å²) < 4.78 is 5.12. The number of hydrogen-bond donors (Lipinski definition) is 1. The third kappa shape index (κ3) is 4.81. The lowest BCUT2D eigenvalue weighted by Crippen LogP contribution is -1.82. The van der Waals surface area contributed by atoms with Crippen molar-refractivity contribution in [2.45, 2.75) is 44.3 Å². The van der Waals surface area contributed by atoms with Gasteiger partial charge in [0.05, 0.1) is 0 Å². The number of nitrogens with zero attached hydrogens (tertiary/aromatic N) is 1. The van der Waals surface area contributed by atoms with Gasteiger partial charge in [0.1, 0.15) is 0 Å². The van der Waals surface area contributed by atoms with E-state index < -0.39 is 0 Å². The number of H-pyrrole nitrogens is 1. The molecular formula is C9H16N2OS2. The van der Waals surface area contributed by atoms with E-state index in [-0.39, 0.29) is 0 Å². The summed E-state index contributed by atoms with van der Waals surface area (Å²) in [5, 5.41) is 7.18. The number of nitrogens with one attached hydrogen (secondary N) is 1. The zero-order chi connectivity index (χ0) is 10.2. The highest BCUT2D eigenvalue weighted by Gasteiger charge is 1.99. The summed E-state index contributed by atoms with van der Waals surface area (Å²) in [6.45, 7) is 2.22. The van der Waals surface area contributed by atoms with Gasteiger partial charge in [0.2, 0.25) is 0 Å². The smallest absolute Gasteiger partial charge is 0.284 e. The van der Waals surface area contributed by atoms with E-state index in [1.54, 1.807) is 11.8 Å². The highest BCUT2D eigenvalue weighted by atomic mass is 32.2. The Morgan fingerprint density at radius 2 is 2.14 bits per heavy atom. The van der Waals surface area contributed by atoms with Gasteiger partial charge in [-0.3, -0.25) is 0 Å². The average Bonchev–Trinajstić information content (AvgIpc) is 2.58. The average molecular weight is 232 g/mol. The number of rotatable bonds is 7. The molecule has 0 aliphatic carbocycles. The zero-order valence-electron chi connectivity index (χ0n) is 8.41. The minimum absolute atomic E-state index is 0.360. The standard InChI is InChI=1S/C9H16N2OS2/c1-2-3-4-5-6-7-14-9-11-10-8(13)12-9/h2-7H2,1H3,(H,10,13). The molecule has 80 valence electrons. The first-order valence-corrected chi connectivity index (χ1v) is 6.40. The van der Waals surface area contributed by atoms with Crippen LogP contribution < -0.4 is 0 Å². The van der Waals surface area contributed by atoms with Crippen molar-refractivity contribution in [3.05, 3.63) is 4.84 Å². The first-order valence-electron chi connectivity index (χ1n) is 5.01. The van der Waals surface area contributed by atoms with Crippen molar-refractivity contribution < 1.29 is 4.42 Å². The molecule has 1 heterocycles. The van der Waals surface area contributed by atoms with Crippen LogP contribution in [0.2, 0.25) is 0 Å². The van der Waals surface area contributed by atoms with Crippen LogP contribution in [-0.2, 0) is 0 Å². The van der Waals surface area contributed by atoms with Crippen LogP contribution in [0.1, 0.15) is 39.0 Å². The molecule has 0 saturated heterocycles. The van der Waals surface area contributed by atoms with Crippen molar-refractivity contribution in [2.75, 3.05) is 5.75 Å². The molecule has 5 heteroatoms. The second-order valence-corrected chi connectivity index (χ2v) is 4.56. The van der Waals surface area contributed by atoms with E-state index in [0.29, 0.717) is 10.1 Å². The molecule has 0 atom stereocenters. The Hall–Kier alpha value is -0.290. The number of aromatic amines is 1. The summed E-state index contributed by atoms with van der Waals surface area (Å²) in [4.78, 5) is 0.360. The fourth-order valence-electron chi connectivity index (χ4n) is 1.14. The Morgan fingerprint density at radius 1 is 1.36 bits per heavy atom. The van der Waals surface area contributed by atoms with Gasteiger partial charge in [0, 0.05) is 5.75 Å². The topological polar surface area (TPSA) is 41.8 Å². The van der Waals surface area contributed by atoms with Crippen molar-refractivity contribution in [2.24, 2.45) is 0 Å². The van der Waals surface area contributed by atoms with Crippen LogP contribution in [0.5, 0.6) is 0 Å². The van der Waals surface area contributed by atoms with E-state index in [1.165, 1.54) is 32.1 Å². The molecular weight excluding hydrogens is 216 g/mol. The van der Waals surface area contributed by atoms with E-state index in [9.17, 15) is 0 Å². The maximum absolute atomic E-state index is 5.12. The second kappa shape index (κ2) is 7.06. The van der Waals surface area contributed by atoms with E-state index in [4.69, 9.17) is 16.6 Å². The molecule has 0 radical (unpaired) electrons.